The van der Waals surface area contributed by atoms with Crippen molar-refractivity contribution < 1.29 is 4.79 Å². The maximum absolute atomic E-state index is 12.0. The topological polar surface area (TPSA) is 58.4 Å². The number of likely N-dealkylation sites (N-methyl/N-ethyl adjacent to an activating group) is 1. The Balaban J connectivity index is 1.52. The molecule has 0 aliphatic heterocycles. The van der Waals surface area contributed by atoms with Crippen molar-refractivity contribution in [3.05, 3.63) is 66.1 Å². The van der Waals surface area contributed by atoms with Crippen LogP contribution in [0.5, 0.6) is 0 Å². The first-order chi connectivity index (χ1) is 12.3. The maximum Gasteiger partial charge on any atom is 0.251 e. The number of nitrogens with zero attached hydrogens (tertiary/aromatic N) is 2. The Morgan fingerprint density at radius 3 is 2.76 bits per heavy atom. The van der Waals surface area contributed by atoms with Crippen molar-refractivity contribution >= 4 is 23.3 Å². The lowest BCUT2D eigenvalue weighted by Gasteiger charge is -2.06. The van der Waals surface area contributed by atoms with Gasteiger partial charge < -0.3 is 15.0 Å². The first-order valence-electron chi connectivity index (χ1n) is 8.40. The van der Waals surface area contributed by atoms with Gasteiger partial charge in [0.05, 0.1) is 5.69 Å². The van der Waals surface area contributed by atoms with Gasteiger partial charge in [0.15, 0.2) is 0 Å². The molecule has 5 nitrogen and oxygen atoms in total. The zero-order valence-electron chi connectivity index (χ0n) is 14.2. The van der Waals surface area contributed by atoms with Gasteiger partial charge in [0.25, 0.3) is 5.91 Å². The summed E-state index contributed by atoms with van der Waals surface area (Å²) in [6.07, 6.45) is 4.05. The third-order valence-corrected chi connectivity index (χ3v) is 4.80. The number of carbonyl (C=O) groups excluding carboxylic acids is 1. The highest BCUT2D eigenvalue weighted by molar-refractivity contribution is 7.98. The average molecular weight is 354 g/mol. The summed E-state index contributed by atoms with van der Waals surface area (Å²) in [5, 5.41) is 6.09. The van der Waals surface area contributed by atoms with Crippen molar-refractivity contribution in [2.24, 2.45) is 0 Å². The van der Waals surface area contributed by atoms with Gasteiger partial charge >= 0.3 is 0 Å². The predicted octanol–water partition coefficient (Wildman–Crippen LogP) is 2.97. The van der Waals surface area contributed by atoms with E-state index in [2.05, 4.69) is 21.8 Å². The predicted molar refractivity (Wildman–Crippen MR) is 102 cm³/mol. The smallest absolute Gasteiger partial charge is 0.251 e. The molecule has 0 aliphatic carbocycles. The van der Waals surface area contributed by atoms with E-state index in [0.717, 1.165) is 35.1 Å². The number of carbonyl (C=O) groups is 1. The minimum absolute atomic E-state index is 0.0326. The molecule has 6 heteroatoms. The summed E-state index contributed by atoms with van der Waals surface area (Å²) in [4.78, 5) is 17.8. The van der Waals surface area contributed by atoms with Crippen molar-refractivity contribution in [3.8, 4) is 0 Å². The van der Waals surface area contributed by atoms with Gasteiger partial charge in [-0.3, -0.25) is 4.79 Å². The van der Waals surface area contributed by atoms with Crippen molar-refractivity contribution in [1.82, 2.24) is 20.0 Å². The van der Waals surface area contributed by atoms with Crippen molar-refractivity contribution in [3.63, 3.8) is 0 Å². The van der Waals surface area contributed by atoms with Gasteiger partial charge in [-0.1, -0.05) is 13.0 Å². The molecule has 2 heterocycles. The molecule has 0 unspecified atom stereocenters. The van der Waals surface area contributed by atoms with Gasteiger partial charge in [0, 0.05) is 41.7 Å². The highest BCUT2D eigenvalue weighted by atomic mass is 32.2. The molecule has 0 fully saturated rings. The Labute approximate surface area is 151 Å². The third kappa shape index (κ3) is 4.84. The summed E-state index contributed by atoms with van der Waals surface area (Å²) in [6.45, 7) is 4.38. The van der Waals surface area contributed by atoms with Crippen LogP contribution in [0.15, 0.2) is 59.8 Å². The molecule has 1 amide bonds. The van der Waals surface area contributed by atoms with Crippen molar-refractivity contribution in [1.29, 1.82) is 0 Å². The van der Waals surface area contributed by atoms with Crippen LogP contribution in [0, 0.1) is 0 Å². The summed E-state index contributed by atoms with van der Waals surface area (Å²) < 4.78 is 2.02. The molecule has 0 spiro atoms. The van der Waals surface area contributed by atoms with Crippen molar-refractivity contribution in [2.45, 2.75) is 17.6 Å². The molecule has 0 radical (unpaired) electrons. The Bertz CT molecular complexity index is 796. The third-order valence-electron chi connectivity index (χ3n) is 3.75. The number of pyridine rings is 1. The van der Waals surface area contributed by atoms with Gasteiger partial charge in [-0.15, -0.1) is 11.8 Å². The molecule has 130 valence electrons. The van der Waals surface area contributed by atoms with Crippen LogP contribution >= 0.6 is 11.8 Å². The fourth-order valence-corrected chi connectivity index (χ4v) is 3.24. The number of aromatic nitrogens is 2. The molecule has 2 N–H and O–H groups in total. The Morgan fingerprint density at radius 1 is 1.16 bits per heavy atom. The molecule has 0 aliphatic rings. The second-order valence-corrected chi connectivity index (χ2v) is 6.67. The highest BCUT2D eigenvalue weighted by Gasteiger charge is 2.06. The van der Waals surface area contributed by atoms with E-state index < -0.39 is 0 Å². The fraction of sp³-hybridized carbons (Fsp3) is 0.263. The molecule has 3 aromatic rings. The Morgan fingerprint density at radius 2 is 2.00 bits per heavy atom. The van der Waals surface area contributed by atoms with E-state index in [-0.39, 0.29) is 5.91 Å². The minimum atomic E-state index is -0.0326. The molecule has 2 aromatic heterocycles. The Hall–Kier alpha value is -2.31. The maximum atomic E-state index is 12.0. The molecule has 0 bridgehead atoms. The number of thioether (sulfide) groups is 1. The van der Waals surface area contributed by atoms with E-state index in [9.17, 15) is 4.79 Å². The summed E-state index contributed by atoms with van der Waals surface area (Å²) in [5.74, 6) is 0.769. The number of amides is 1. The first-order valence-corrected chi connectivity index (χ1v) is 9.39. The number of fused-ring (bicyclic) bond motifs is 1. The van der Waals surface area contributed by atoms with E-state index >= 15 is 0 Å². The van der Waals surface area contributed by atoms with Crippen LogP contribution in [-0.4, -0.2) is 34.9 Å². The molecular formula is C19H22N4OS. The van der Waals surface area contributed by atoms with Crippen LogP contribution in [0.25, 0.3) is 5.65 Å². The number of rotatable bonds is 8. The Kier molecular flexibility index (Phi) is 6.09. The zero-order valence-corrected chi connectivity index (χ0v) is 15.1. The van der Waals surface area contributed by atoms with Gasteiger partial charge in [0.1, 0.15) is 5.65 Å². The van der Waals surface area contributed by atoms with Crippen molar-refractivity contribution in [2.75, 3.05) is 19.6 Å². The van der Waals surface area contributed by atoms with Crippen LogP contribution in [-0.2, 0) is 5.75 Å². The van der Waals surface area contributed by atoms with E-state index in [1.54, 1.807) is 11.8 Å². The molecule has 0 saturated heterocycles. The number of hydrogen-bond donors (Lipinski definition) is 2. The molecule has 3 rings (SSSR count). The highest BCUT2D eigenvalue weighted by Crippen LogP contribution is 2.23. The van der Waals surface area contributed by atoms with Gasteiger partial charge in [0.2, 0.25) is 0 Å². The zero-order chi connectivity index (χ0) is 17.5. The fourth-order valence-electron chi connectivity index (χ4n) is 2.46. The molecule has 0 atom stereocenters. The number of hydrogen-bond acceptors (Lipinski definition) is 4. The molecular weight excluding hydrogens is 332 g/mol. The normalized spacial score (nSPS) is 10.9. The minimum Gasteiger partial charge on any atom is -0.351 e. The second kappa shape index (κ2) is 8.69. The van der Waals surface area contributed by atoms with Gasteiger partial charge in [-0.05, 0) is 42.9 Å². The average Bonchev–Trinajstić information content (AvgIpc) is 3.07. The van der Waals surface area contributed by atoms with E-state index in [4.69, 9.17) is 0 Å². The quantitative estimate of drug-likeness (QED) is 0.482. The number of benzene rings is 1. The first kappa shape index (κ1) is 17.5. The molecule has 0 saturated carbocycles. The summed E-state index contributed by atoms with van der Waals surface area (Å²) >= 11 is 1.72. The summed E-state index contributed by atoms with van der Waals surface area (Å²) in [5.41, 5.74) is 2.69. The van der Waals surface area contributed by atoms with Gasteiger partial charge in [-0.2, -0.15) is 0 Å². The lowest BCUT2D eigenvalue weighted by atomic mass is 10.2. The van der Waals surface area contributed by atoms with Gasteiger partial charge in [-0.25, -0.2) is 4.98 Å². The van der Waals surface area contributed by atoms with Crippen LogP contribution in [0.3, 0.4) is 0 Å². The van der Waals surface area contributed by atoms with Crippen LogP contribution in [0.2, 0.25) is 0 Å². The molecule has 1 aromatic carbocycles. The monoisotopic (exact) mass is 354 g/mol. The van der Waals surface area contributed by atoms with E-state index in [1.165, 1.54) is 0 Å². The van der Waals surface area contributed by atoms with E-state index in [0.29, 0.717) is 12.1 Å². The SMILES string of the molecule is CCNCCNC(=O)c1ccc(SCc2cn3ccccc3n2)cc1. The number of imidazole rings is 1. The summed E-state index contributed by atoms with van der Waals surface area (Å²) in [6, 6.07) is 13.7. The molecule has 25 heavy (non-hydrogen) atoms. The van der Waals surface area contributed by atoms with Crippen LogP contribution in [0.1, 0.15) is 23.0 Å². The standard InChI is InChI=1S/C19H22N4OS/c1-2-20-10-11-21-19(24)15-6-8-17(9-7-15)25-14-16-13-23-12-4-3-5-18(23)22-16/h3-9,12-13,20H,2,10-11,14H2,1H3,(H,21,24). The largest absolute Gasteiger partial charge is 0.351 e. The second-order valence-electron chi connectivity index (χ2n) is 5.62. The summed E-state index contributed by atoms with van der Waals surface area (Å²) in [7, 11) is 0. The lowest BCUT2D eigenvalue weighted by molar-refractivity contribution is 0.0954. The lowest BCUT2D eigenvalue weighted by Crippen LogP contribution is -2.31. The van der Waals surface area contributed by atoms with E-state index in [1.807, 2.05) is 60.0 Å². The number of nitrogens with one attached hydrogen (secondary N) is 2. The van der Waals surface area contributed by atoms with Crippen LogP contribution < -0.4 is 10.6 Å². The van der Waals surface area contributed by atoms with Crippen LogP contribution in [0.4, 0.5) is 0 Å².